The van der Waals surface area contributed by atoms with Crippen LogP contribution in [0.15, 0.2) is 24.5 Å². The monoisotopic (exact) mass is 290 g/mol. The number of anilines is 1. The fourth-order valence-corrected chi connectivity index (χ4v) is 2.25. The van der Waals surface area contributed by atoms with Crippen molar-refractivity contribution in [3.05, 3.63) is 46.6 Å². The summed E-state index contributed by atoms with van der Waals surface area (Å²) in [6.07, 6.45) is 5.44. The summed E-state index contributed by atoms with van der Waals surface area (Å²) < 4.78 is 0. The quantitative estimate of drug-likeness (QED) is 0.791. The maximum atomic E-state index is 6.21. The molecule has 0 bridgehead atoms. The molecule has 5 heteroatoms. The van der Waals surface area contributed by atoms with Crippen LogP contribution >= 0.6 is 11.6 Å². The van der Waals surface area contributed by atoms with Crippen molar-refractivity contribution in [2.24, 2.45) is 0 Å². The number of pyridine rings is 1. The Balaban J connectivity index is 2.26. The minimum atomic E-state index is 0.542. The van der Waals surface area contributed by atoms with Crippen molar-refractivity contribution in [2.75, 3.05) is 11.9 Å². The zero-order valence-corrected chi connectivity index (χ0v) is 12.9. The second-order valence-corrected chi connectivity index (χ2v) is 5.20. The van der Waals surface area contributed by atoms with E-state index in [4.69, 9.17) is 11.6 Å². The van der Waals surface area contributed by atoms with Crippen molar-refractivity contribution >= 4 is 17.4 Å². The maximum Gasteiger partial charge on any atom is 0.137 e. The lowest BCUT2D eigenvalue weighted by molar-refractivity contribution is 0.805. The summed E-state index contributed by atoms with van der Waals surface area (Å²) in [5.74, 6) is 1.70. The van der Waals surface area contributed by atoms with Crippen LogP contribution in [0.1, 0.15) is 30.3 Å². The van der Waals surface area contributed by atoms with Crippen molar-refractivity contribution < 1.29 is 0 Å². The summed E-state index contributed by atoms with van der Waals surface area (Å²) in [6, 6.07) is 4.00. The number of rotatable bonds is 5. The number of halogens is 1. The molecule has 2 aromatic heterocycles. The fraction of sp³-hybridized carbons (Fsp3) is 0.400. The third-order valence-corrected chi connectivity index (χ3v) is 3.48. The van der Waals surface area contributed by atoms with Crippen LogP contribution in [-0.4, -0.2) is 22.0 Å². The maximum absolute atomic E-state index is 6.21. The zero-order chi connectivity index (χ0) is 14.5. The lowest BCUT2D eigenvalue weighted by Crippen LogP contribution is -2.20. The third kappa shape index (κ3) is 3.45. The Hall–Kier alpha value is -1.68. The second-order valence-electron chi connectivity index (χ2n) is 4.84. The Labute approximate surface area is 124 Å². The molecule has 0 N–H and O–H groups in total. The van der Waals surface area contributed by atoms with Gasteiger partial charge in [-0.25, -0.2) is 9.97 Å². The Kier molecular flexibility index (Phi) is 4.90. The van der Waals surface area contributed by atoms with Gasteiger partial charge in [-0.2, -0.15) is 0 Å². The molecule has 0 aromatic carbocycles. The van der Waals surface area contributed by atoms with Gasteiger partial charge in [-0.3, -0.25) is 4.98 Å². The molecule has 2 rings (SSSR count). The Morgan fingerprint density at radius 3 is 2.55 bits per heavy atom. The summed E-state index contributed by atoms with van der Waals surface area (Å²) in [6.45, 7) is 4.83. The van der Waals surface area contributed by atoms with Gasteiger partial charge in [0.15, 0.2) is 0 Å². The minimum absolute atomic E-state index is 0.542. The van der Waals surface area contributed by atoms with Gasteiger partial charge in [-0.15, -0.1) is 0 Å². The van der Waals surface area contributed by atoms with E-state index in [-0.39, 0.29) is 0 Å². The van der Waals surface area contributed by atoms with Crippen molar-refractivity contribution in [3.63, 3.8) is 0 Å². The van der Waals surface area contributed by atoms with Gasteiger partial charge < -0.3 is 4.90 Å². The van der Waals surface area contributed by atoms with Gasteiger partial charge in [0.1, 0.15) is 16.8 Å². The Morgan fingerprint density at radius 1 is 1.20 bits per heavy atom. The van der Waals surface area contributed by atoms with Gasteiger partial charge in [0.2, 0.25) is 0 Å². The molecular weight excluding hydrogens is 272 g/mol. The highest BCUT2D eigenvalue weighted by Crippen LogP contribution is 2.24. The summed E-state index contributed by atoms with van der Waals surface area (Å²) in [5.41, 5.74) is 2.11. The Bertz CT molecular complexity index is 572. The highest BCUT2D eigenvalue weighted by Gasteiger charge is 2.13. The minimum Gasteiger partial charge on any atom is -0.355 e. The van der Waals surface area contributed by atoms with Gasteiger partial charge in [0.25, 0.3) is 0 Å². The van der Waals surface area contributed by atoms with E-state index in [1.807, 2.05) is 26.1 Å². The topological polar surface area (TPSA) is 41.9 Å². The van der Waals surface area contributed by atoms with Crippen LogP contribution in [0.5, 0.6) is 0 Å². The fourth-order valence-electron chi connectivity index (χ4n) is 2.06. The largest absolute Gasteiger partial charge is 0.355 e. The van der Waals surface area contributed by atoms with Gasteiger partial charge in [-0.1, -0.05) is 18.5 Å². The molecule has 0 aliphatic heterocycles. The van der Waals surface area contributed by atoms with Gasteiger partial charge >= 0.3 is 0 Å². The molecule has 2 aromatic rings. The molecule has 4 nitrogen and oxygen atoms in total. The van der Waals surface area contributed by atoms with Crippen molar-refractivity contribution in [1.29, 1.82) is 0 Å². The molecule has 0 fully saturated rings. The summed E-state index contributed by atoms with van der Waals surface area (Å²) in [5, 5.41) is 0.542. The lowest BCUT2D eigenvalue weighted by atomic mass is 10.2. The van der Waals surface area contributed by atoms with Crippen molar-refractivity contribution in [3.8, 4) is 0 Å². The molecule has 2 heterocycles. The van der Waals surface area contributed by atoms with Crippen LogP contribution < -0.4 is 4.90 Å². The summed E-state index contributed by atoms with van der Waals surface area (Å²) in [7, 11) is 2.02. The van der Waals surface area contributed by atoms with E-state index in [9.17, 15) is 0 Å². The van der Waals surface area contributed by atoms with Crippen LogP contribution in [-0.2, 0) is 13.0 Å². The smallest absolute Gasteiger partial charge is 0.137 e. The third-order valence-electron chi connectivity index (χ3n) is 3.11. The summed E-state index contributed by atoms with van der Waals surface area (Å²) >= 11 is 6.21. The molecule has 0 atom stereocenters. The van der Waals surface area contributed by atoms with Crippen LogP contribution in [0.2, 0.25) is 5.15 Å². The highest BCUT2D eigenvalue weighted by atomic mass is 35.5. The van der Waals surface area contributed by atoms with Crippen molar-refractivity contribution in [1.82, 2.24) is 15.0 Å². The van der Waals surface area contributed by atoms with Gasteiger partial charge in [0.05, 0.1) is 0 Å². The number of aromatic nitrogens is 3. The van der Waals surface area contributed by atoms with E-state index in [2.05, 4.69) is 26.8 Å². The molecule has 20 heavy (non-hydrogen) atoms. The number of aryl methyl sites for hydroxylation is 1. The van der Waals surface area contributed by atoms with Crippen LogP contribution in [0.25, 0.3) is 0 Å². The first-order valence-corrected chi connectivity index (χ1v) is 7.12. The second kappa shape index (κ2) is 6.66. The van der Waals surface area contributed by atoms with E-state index < -0.39 is 0 Å². The van der Waals surface area contributed by atoms with Crippen LogP contribution in [0, 0.1) is 6.92 Å². The predicted octanol–water partition coefficient (Wildman–Crippen LogP) is 3.42. The molecule has 0 amide bonds. The van der Waals surface area contributed by atoms with E-state index >= 15 is 0 Å². The molecule has 0 unspecified atom stereocenters. The first kappa shape index (κ1) is 14.7. The molecule has 0 saturated heterocycles. The van der Waals surface area contributed by atoms with E-state index in [1.54, 1.807) is 12.4 Å². The number of nitrogens with zero attached hydrogens (tertiary/aromatic N) is 4. The molecule has 0 saturated carbocycles. The zero-order valence-electron chi connectivity index (χ0n) is 12.1. The normalized spacial score (nSPS) is 10.6. The number of hydrogen-bond donors (Lipinski definition) is 0. The average Bonchev–Trinajstić information content (AvgIpc) is 2.44. The SMILES string of the molecule is CCCc1nc(Cl)c(C)c(N(C)Cc2ccncc2)n1. The average molecular weight is 291 g/mol. The standard InChI is InChI=1S/C15H19ClN4/c1-4-5-13-18-14(16)11(2)15(19-13)20(3)10-12-6-8-17-9-7-12/h6-9H,4-5,10H2,1-3H3. The van der Waals surface area contributed by atoms with E-state index in [0.29, 0.717) is 5.15 Å². The molecular formula is C15H19ClN4. The predicted molar refractivity (Wildman–Crippen MR) is 82.1 cm³/mol. The van der Waals surface area contributed by atoms with Gasteiger partial charge in [0, 0.05) is 38.0 Å². The first-order valence-electron chi connectivity index (χ1n) is 6.75. The van der Waals surface area contributed by atoms with Crippen LogP contribution in [0.4, 0.5) is 5.82 Å². The molecule has 0 radical (unpaired) electrons. The lowest BCUT2D eigenvalue weighted by Gasteiger charge is -2.21. The molecule has 0 aliphatic rings. The molecule has 106 valence electrons. The first-order chi connectivity index (χ1) is 9.61. The van der Waals surface area contributed by atoms with Gasteiger partial charge in [-0.05, 0) is 31.0 Å². The highest BCUT2D eigenvalue weighted by molar-refractivity contribution is 6.30. The van der Waals surface area contributed by atoms with Crippen molar-refractivity contribution in [2.45, 2.75) is 33.2 Å². The molecule has 0 spiro atoms. The molecule has 0 aliphatic carbocycles. The van der Waals surface area contributed by atoms with E-state index in [0.717, 1.165) is 36.6 Å². The Morgan fingerprint density at radius 2 is 1.90 bits per heavy atom. The van der Waals surface area contributed by atoms with Crippen LogP contribution in [0.3, 0.4) is 0 Å². The summed E-state index contributed by atoms with van der Waals surface area (Å²) in [4.78, 5) is 15.1. The number of hydrogen-bond acceptors (Lipinski definition) is 4. The van der Waals surface area contributed by atoms with E-state index in [1.165, 1.54) is 5.56 Å².